The first-order valence-electron chi connectivity index (χ1n) is 3.30. The molecule has 0 unspecified atom stereocenters. The van der Waals surface area contributed by atoms with E-state index in [0.717, 1.165) is 0 Å². The summed E-state index contributed by atoms with van der Waals surface area (Å²) < 4.78 is 0. The van der Waals surface area contributed by atoms with Gasteiger partial charge in [-0.1, -0.05) is 0 Å². The van der Waals surface area contributed by atoms with E-state index in [2.05, 4.69) is 11.1 Å². The number of aliphatic carboxylic acids is 1. The number of carbonyl (C=O) groups is 2. The normalized spacial score (nSPS) is 21.6. The van der Waals surface area contributed by atoms with Crippen LogP contribution in [0.2, 0.25) is 0 Å². The van der Waals surface area contributed by atoms with Crippen molar-refractivity contribution in [3.63, 3.8) is 0 Å². The van der Waals surface area contributed by atoms with Crippen molar-refractivity contribution in [2.75, 3.05) is 7.05 Å². The minimum atomic E-state index is -0.944. The fraction of sp³-hybridized carbons (Fsp3) is 0.667. The molecule has 0 bridgehead atoms. The van der Waals surface area contributed by atoms with Gasteiger partial charge in [0.1, 0.15) is 6.04 Å². The maximum Gasteiger partial charge on any atom is 0.326 e. The van der Waals surface area contributed by atoms with E-state index in [0.29, 0.717) is 12.8 Å². The minimum absolute atomic E-state index is 0.164. The molecule has 1 atom stereocenters. The molecule has 0 aliphatic carbocycles. The Hall–Kier alpha value is -1.10. The van der Waals surface area contributed by atoms with Gasteiger partial charge >= 0.3 is 5.97 Å². The molecule has 1 rings (SSSR count). The topological polar surface area (TPSA) is 92.4 Å². The highest BCUT2D eigenvalue weighted by atomic mass is 16.4. The van der Waals surface area contributed by atoms with Gasteiger partial charge in [0.2, 0.25) is 5.91 Å². The van der Waals surface area contributed by atoms with Crippen LogP contribution in [0.3, 0.4) is 0 Å². The Balaban J connectivity index is 0.000000461. The summed E-state index contributed by atoms with van der Waals surface area (Å²) >= 11 is 0. The summed E-state index contributed by atoms with van der Waals surface area (Å²) in [4.78, 5) is 20.5. The van der Waals surface area contributed by atoms with Gasteiger partial charge in [-0.15, -0.1) is 0 Å². The van der Waals surface area contributed by atoms with Gasteiger partial charge in [-0.05, 0) is 13.5 Å². The number of amides is 1. The number of nitrogens with two attached hydrogens (primary N) is 1. The zero-order valence-corrected chi connectivity index (χ0v) is 6.33. The van der Waals surface area contributed by atoms with Crippen molar-refractivity contribution in [2.45, 2.75) is 18.9 Å². The van der Waals surface area contributed by atoms with E-state index in [4.69, 9.17) is 5.11 Å². The molecule has 5 nitrogen and oxygen atoms in total. The maximum absolute atomic E-state index is 10.4. The Morgan fingerprint density at radius 2 is 2.27 bits per heavy atom. The van der Waals surface area contributed by atoms with Gasteiger partial charge in [0.25, 0.3) is 0 Å². The Bertz CT molecular complexity index is 158. The molecule has 1 saturated heterocycles. The summed E-state index contributed by atoms with van der Waals surface area (Å²) in [6.07, 6.45) is 0.769. The molecule has 0 aromatic rings. The summed E-state index contributed by atoms with van der Waals surface area (Å²) in [5, 5.41) is 10.6. The smallest absolute Gasteiger partial charge is 0.326 e. The highest BCUT2D eigenvalue weighted by Crippen LogP contribution is 2.05. The zero-order valence-electron chi connectivity index (χ0n) is 6.33. The quantitative estimate of drug-likeness (QED) is 0.455. The predicted octanol–water partition coefficient (Wildman–Crippen LogP) is -1.08. The Labute approximate surface area is 64.6 Å². The van der Waals surface area contributed by atoms with Crippen molar-refractivity contribution >= 4 is 11.9 Å². The highest BCUT2D eigenvalue weighted by Gasteiger charge is 2.26. The molecule has 64 valence electrons. The van der Waals surface area contributed by atoms with Crippen molar-refractivity contribution in [1.82, 2.24) is 5.32 Å². The van der Waals surface area contributed by atoms with Gasteiger partial charge < -0.3 is 16.2 Å². The van der Waals surface area contributed by atoms with E-state index in [1.54, 1.807) is 0 Å². The van der Waals surface area contributed by atoms with E-state index in [9.17, 15) is 9.59 Å². The molecule has 0 aromatic heterocycles. The molecule has 0 radical (unpaired) electrons. The fourth-order valence-corrected chi connectivity index (χ4v) is 0.799. The van der Waals surface area contributed by atoms with Crippen molar-refractivity contribution in [3.8, 4) is 0 Å². The first-order valence-corrected chi connectivity index (χ1v) is 3.30. The van der Waals surface area contributed by atoms with Crippen LogP contribution in [0.5, 0.6) is 0 Å². The molecule has 1 amide bonds. The van der Waals surface area contributed by atoms with E-state index in [-0.39, 0.29) is 5.91 Å². The van der Waals surface area contributed by atoms with E-state index < -0.39 is 12.0 Å². The first kappa shape index (κ1) is 9.90. The Morgan fingerprint density at radius 3 is 2.45 bits per heavy atom. The molecular weight excluding hydrogens is 148 g/mol. The number of hydrogen-bond donors (Lipinski definition) is 3. The first-order chi connectivity index (χ1) is 5.20. The lowest BCUT2D eigenvalue weighted by atomic mass is 10.2. The van der Waals surface area contributed by atoms with Crippen LogP contribution in [0.15, 0.2) is 0 Å². The van der Waals surface area contributed by atoms with Crippen LogP contribution >= 0.6 is 0 Å². The molecular formula is C6H12N2O3. The number of hydrogen-bond acceptors (Lipinski definition) is 3. The molecule has 0 spiro atoms. The van der Waals surface area contributed by atoms with Gasteiger partial charge in [-0.25, -0.2) is 4.79 Å². The third kappa shape index (κ3) is 2.99. The molecule has 4 N–H and O–H groups in total. The van der Waals surface area contributed by atoms with Gasteiger partial charge in [0, 0.05) is 6.42 Å². The van der Waals surface area contributed by atoms with Crippen LogP contribution in [0.4, 0.5) is 0 Å². The fourth-order valence-electron chi connectivity index (χ4n) is 0.799. The van der Waals surface area contributed by atoms with Crippen molar-refractivity contribution in [3.05, 3.63) is 0 Å². The number of carboxylic acids is 1. The lowest BCUT2D eigenvalue weighted by Gasteiger charge is -1.99. The molecule has 5 heteroatoms. The van der Waals surface area contributed by atoms with Crippen molar-refractivity contribution < 1.29 is 14.7 Å². The molecule has 0 saturated carbocycles. The second-order valence-electron chi connectivity index (χ2n) is 2.00. The van der Waals surface area contributed by atoms with Crippen LogP contribution in [-0.4, -0.2) is 30.1 Å². The van der Waals surface area contributed by atoms with Crippen molar-refractivity contribution in [1.29, 1.82) is 0 Å². The van der Waals surface area contributed by atoms with Crippen molar-refractivity contribution in [2.24, 2.45) is 5.73 Å². The van der Waals surface area contributed by atoms with E-state index >= 15 is 0 Å². The third-order valence-electron chi connectivity index (χ3n) is 1.29. The number of carbonyl (C=O) groups excluding carboxylic acids is 1. The summed E-state index contributed by atoms with van der Waals surface area (Å²) in [7, 11) is 1.50. The average Bonchev–Trinajstić information content (AvgIpc) is 2.40. The largest absolute Gasteiger partial charge is 0.480 e. The SMILES string of the molecule is CN.O=C1CC[C@@H](C(=O)O)N1. The molecule has 1 fully saturated rings. The van der Waals surface area contributed by atoms with Crippen LogP contribution in [0.1, 0.15) is 12.8 Å². The van der Waals surface area contributed by atoms with Crippen LogP contribution in [0.25, 0.3) is 0 Å². The Kier molecular flexibility index (Phi) is 4.21. The summed E-state index contributed by atoms with van der Waals surface area (Å²) in [6, 6.07) is -0.641. The molecule has 1 aliphatic rings. The van der Waals surface area contributed by atoms with E-state index in [1.807, 2.05) is 0 Å². The molecule has 1 aliphatic heterocycles. The molecule has 1 heterocycles. The summed E-state index contributed by atoms with van der Waals surface area (Å²) in [5.41, 5.74) is 4.50. The minimum Gasteiger partial charge on any atom is -0.480 e. The predicted molar refractivity (Wildman–Crippen MR) is 38.9 cm³/mol. The average molecular weight is 160 g/mol. The van der Waals surface area contributed by atoms with Crippen LogP contribution in [-0.2, 0) is 9.59 Å². The standard InChI is InChI=1S/C5H7NO3.CH5N/c7-4-2-1-3(6-4)5(8)9;1-2/h3H,1-2H2,(H,6,7)(H,8,9);2H2,1H3/t3-;/m0./s1. The second kappa shape index (κ2) is 4.68. The molecule has 0 aromatic carbocycles. The number of nitrogens with one attached hydrogen (secondary N) is 1. The van der Waals surface area contributed by atoms with E-state index in [1.165, 1.54) is 7.05 Å². The second-order valence-corrected chi connectivity index (χ2v) is 2.00. The highest BCUT2D eigenvalue weighted by molar-refractivity contribution is 5.87. The third-order valence-corrected chi connectivity index (χ3v) is 1.29. The number of carboxylic acid groups (broad SMARTS) is 1. The number of rotatable bonds is 1. The van der Waals surface area contributed by atoms with Gasteiger partial charge in [0.15, 0.2) is 0 Å². The maximum atomic E-state index is 10.4. The Morgan fingerprint density at radius 1 is 1.73 bits per heavy atom. The molecule has 11 heavy (non-hydrogen) atoms. The van der Waals surface area contributed by atoms with Crippen LogP contribution < -0.4 is 11.1 Å². The monoisotopic (exact) mass is 160 g/mol. The van der Waals surface area contributed by atoms with Gasteiger partial charge in [0.05, 0.1) is 0 Å². The van der Waals surface area contributed by atoms with Crippen LogP contribution in [0, 0.1) is 0 Å². The summed E-state index contributed by atoms with van der Waals surface area (Å²) in [5.74, 6) is -1.11. The lowest BCUT2D eigenvalue weighted by Crippen LogP contribution is -2.32. The zero-order chi connectivity index (χ0) is 8.85. The van der Waals surface area contributed by atoms with Gasteiger partial charge in [-0.3, -0.25) is 4.79 Å². The lowest BCUT2D eigenvalue weighted by molar-refractivity contribution is -0.140. The van der Waals surface area contributed by atoms with Gasteiger partial charge in [-0.2, -0.15) is 0 Å². The summed E-state index contributed by atoms with van der Waals surface area (Å²) in [6.45, 7) is 0.